The van der Waals surface area contributed by atoms with Crippen LogP contribution in [0.4, 0.5) is 0 Å². The Kier molecular flexibility index (Phi) is 5.23. The smallest absolute Gasteiger partial charge is 0.115 e. The Morgan fingerprint density at radius 1 is 1.32 bits per heavy atom. The van der Waals surface area contributed by atoms with Crippen molar-refractivity contribution in [2.45, 2.75) is 39.3 Å². The van der Waals surface area contributed by atoms with Gasteiger partial charge in [-0.3, -0.25) is 4.90 Å². The average molecular weight is 262 g/mol. The summed E-state index contributed by atoms with van der Waals surface area (Å²) < 4.78 is 0. The number of nitrogens with zero attached hydrogens (tertiary/aromatic N) is 1. The van der Waals surface area contributed by atoms with Crippen LogP contribution in [-0.4, -0.2) is 35.7 Å². The van der Waals surface area contributed by atoms with Crippen LogP contribution in [0.3, 0.4) is 0 Å². The van der Waals surface area contributed by atoms with Gasteiger partial charge in [-0.05, 0) is 49.5 Å². The first-order valence-electron chi connectivity index (χ1n) is 7.42. The molecule has 1 aliphatic heterocycles. The Balaban J connectivity index is 1.82. The molecule has 2 rings (SSSR count). The number of phenols is 1. The zero-order valence-electron chi connectivity index (χ0n) is 12.1. The molecule has 3 heteroatoms. The van der Waals surface area contributed by atoms with Gasteiger partial charge in [0.05, 0.1) is 0 Å². The van der Waals surface area contributed by atoms with E-state index in [0.29, 0.717) is 17.7 Å². The predicted molar refractivity (Wildman–Crippen MR) is 79.2 cm³/mol. The van der Waals surface area contributed by atoms with Crippen molar-refractivity contribution in [2.24, 2.45) is 5.92 Å². The molecule has 0 amide bonds. The fourth-order valence-electron chi connectivity index (χ4n) is 2.87. The van der Waals surface area contributed by atoms with Crippen molar-refractivity contribution in [3.8, 4) is 5.75 Å². The molecule has 0 radical (unpaired) electrons. The van der Waals surface area contributed by atoms with Gasteiger partial charge in [0.25, 0.3) is 0 Å². The van der Waals surface area contributed by atoms with Gasteiger partial charge in [-0.1, -0.05) is 26.0 Å². The monoisotopic (exact) mass is 262 g/mol. The first-order chi connectivity index (χ1) is 9.19. The van der Waals surface area contributed by atoms with Crippen LogP contribution in [0.15, 0.2) is 24.3 Å². The zero-order valence-corrected chi connectivity index (χ0v) is 12.1. The van der Waals surface area contributed by atoms with Crippen molar-refractivity contribution in [3.05, 3.63) is 29.8 Å². The number of hydrogen-bond donors (Lipinski definition) is 2. The molecule has 0 spiro atoms. The Bertz CT molecular complexity index is 377. The van der Waals surface area contributed by atoms with Gasteiger partial charge in [0.1, 0.15) is 5.75 Å². The van der Waals surface area contributed by atoms with Gasteiger partial charge >= 0.3 is 0 Å². The second kappa shape index (κ2) is 6.92. The number of aromatic hydroxyl groups is 1. The largest absolute Gasteiger partial charge is 0.508 e. The molecule has 1 saturated heterocycles. The lowest BCUT2D eigenvalue weighted by molar-refractivity contribution is 0.141. The zero-order chi connectivity index (χ0) is 13.7. The summed E-state index contributed by atoms with van der Waals surface area (Å²) in [4.78, 5) is 2.52. The second-order valence-corrected chi connectivity index (χ2v) is 5.73. The van der Waals surface area contributed by atoms with Gasteiger partial charge in [-0.25, -0.2) is 0 Å². The standard InChI is InChI=1S/C16H26N2O/c1-3-9-17-16-8-10-18(11-13(16)2)12-14-4-6-15(19)7-5-14/h4-7,13,16-17,19H,3,8-12H2,1-2H3. The molecule has 0 saturated carbocycles. The Labute approximate surface area is 116 Å². The van der Waals surface area contributed by atoms with E-state index in [1.165, 1.54) is 18.4 Å². The Morgan fingerprint density at radius 2 is 2.05 bits per heavy atom. The number of likely N-dealkylation sites (tertiary alicyclic amines) is 1. The quantitative estimate of drug-likeness (QED) is 0.856. The number of nitrogens with one attached hydrogen (secondary N) is 1. The van der Waals surface area contributed by atoms with Crippen molar-refractivity contribution < 1.29 is 5.11 Å². The van der Waals surface area contributed by atoms with E-state index in [4.69, 9.17) is 0 Å². The number of benzene rings is 1. The minimum Gasteiger partial charge on any atom is -0.508 e. The molecule has 19 heavy (non-hydrogen) atoms. The fourth-order valence-corrected chi connectivity index (χ4v) is 2.87. The molecule has 1 aromatic rings. The van der Waals surface area contributed by atoms with Crippen LogP contribution < -0.4 is 5.32 Å². The third-order valence-corrected chi connectivity index (χ3v) is 3.99. The lowest BCUT2D eigenvalue weighted by Gasteiger charge is -2.37. The average Bonchev–Trinajstić information content (AvgIpc) is 2.41. The third kappa shape index (κ3) is 4.22. The maximum absolute atomic E-state index is 9.30. The first-order valence-corrected chi connectivity index (χ1v) is 7.42. The van der Waals surface area contributed by atoms with Crippen LogP contribution in [-0.2, 0) is 6.54 Å². The second-order valence-electron chi connectivity index (χ2n) is 5.73. The summed E-state index contributed by atoms with van der Waals surface area (Å²) in [5, 5.41) is 13.0. The molecule has 0 aliphatic carbocycles. The molecular formula is C16H26N2O. The van der Waals surface area contributed by atoms with Crippen LogP contribution >= 0.6 is 0 Å². The van der Waals surface area contributed by atoms with Gasteiger partial charge < -0.3 is 10.4 Å². The highest BCUT2D eigenvalue weighted by atomic mass is 16.3. The summed E-state index contributed by atoms with van der Waals surface area (Å²) in [5.41, 5.74) is 1.28. The molecular weight excluding hydrogens is 236 g/mol. The van der Waals surface area contributed by atoms with Crippen LogP contribution in [0.25, 0.3) is 0 Å². The molecule has 1 aromatic carbocycles. The molecule has 2 N–H and O–H groups in total. The molecule has 2 unspecified atom stereocenters. The van der Waals surface area contributed by atoms with Crippen molar-refractivity contribution in [3.63, 3.8) is 0 Å². The highest BCUT2D eigenvalue weighted by Gasteiger charge is 2.25. The maximum atomic E-state index is 9.30. The summed E-state index contributed by atoms with van der Waals surface area (Å²) in [5.74, 6) is 1.05. The minimum absolute atomic E-state index is 0.347. The number of phenolic OH excluding ortho intramolecular Hbond substituents is 1. The SMILES string of the molecule is CCCNC1CCN(Cc2ccc(O)cc2)CC1C. The van der Waals surface area contributed by atoms with Crippen molar-refractivity contribution >= 4 is 0 Å². The van der Waals surface area contributed by atoms with Crippen molar-refractivity contribution in [1.29, 1.82) is 0 Å². The van der Waals surface area contributed by atoms with Crippen LogP contribution in [0, 0.1) is 5.92 Å². The Hall–Kier alpha value is -1.06. The van der Waals surface area contributed by atoms with E-state index in [9.17, 15) is 5.11 Å². The van der Waals surface area contributed by atoms with Gasteiger partial charge in [0.15, 0.2) is 0 Å². The molecule has 1 heterocycles. The summed E-state index contributed by atoms with van der Waals surface area (Å²) in [6.45, 7) is 9.00. The lowest BCUT2D eigenvalue weighted by atomic mass is 9.93. The first kappa shape index (κ1) is 14.4. The van der Waals surface area contributed by atoms with Gasteiger partial charge in [0, 0.05) is 19.1 Å². The fraction of sp³-hybridized carbons (Fsp3) is 0.625. The highest BCUT2D eigenvalue weighted by molar-refractivity contribution is 5.25. The van der Waals surface area contributed by atoms with E-state index in [2.05, 4.69) is 24.1 Å². The maximum Gasteiger partial charge on any atom is 0.115 e. The molecule has 1 aliphatic rings. The molecule has 2 atom stereocenters. The van der Waals surface area contributed by atoms with Crippen molar-refractivity contribution in [2.75, 3.05) is 19.6 Å². The number of hydrogen-bond acceptors (Lipinski definition) is 3. The van der Waals surface area contributed by atoms with E-state index in [-0.39, 0.29) is 0 Å². The molecule has 3 nitrogen and oxygen atoms in total. The van der Waals surface area contributed by atoms with Gasteiger partial charge in [-0.2, -0.15) is 0 Å². The van der Waals surface area contributed by atoms with Crippen LogP contribution in [0.5, 0.6) is 5.75 Å². The lowest BCUT2D eigenvalue weighted by Crippen LogP contribution is -2.48. The molecule has 0 aromatic heterocycles. The van der Waals surface area contributed by atoms with E-state index < -0.39 is 0 Å². The predicted octanol–water partition coefficient (Wildman–Crippen LogP) is 2.60. The minimum atomic E-state index is 0.347. The van der Waals surface area contributed by atoms with E-state index >= 15 is 0 Å². The third-order valence-electron chi connectivity index (χ3n) is 3.99. The Morgan fingerprint density at radius 3 is 2.68 bits per heavy atom. The van der Waals surface area contributed by atoms with Gasteiger partial charge in [-0.15, -0.1) is 0 Å². The van der Waals surface area contributed by atoms with E-state index in [1.807, 2.05) is 12.1 Å². The molecule has 1 fully saturated rings. The topological polar surface area (TPSA) is 35.5 Å². The summed E-state index contributed by atoms with van der Waals surface area (Å²) in [6, 6.07) is 8.25. The summed E-state index contributed by atoms with van der Waals surface area (Å²) >= 11 is 0. The molecule has 106 valence electrons. The summed E-state index contributed by atoms with van der Waals surface area (Å²) in [6.07, 6.45) is 2.44. The normalized spacial score (nSPS) is 24.5. The van der Waals surface area contributed by atoms with Crippen LogP contribution in [0.1, 0.15) is 32.3 Å². The highest BCUT2D eigenvalue weighted by Crippen LogP contribution is 2.19. The van der Waals surface area contributed by atoms with Gasteiger partial charge in [0.2, 0.25) is 0 Å². The van der Waals surface area contributed by atoms with E-state index in [0.717, 1.165) is 26.2 Å². The number of piperidine rings is 1. The van der Waals surface area contributed by atoms with Crippen LogP contribution in [0.2, 0.25) is 0 Å². The van der Waals surface area contributed by atoms with E-state index in [1.54, 1.807) is 12.1 Å². The molecule has 0 bridgehead atoms. The number of rotatable bonds is 5. The van der Waals surface area contributed by atoms with Crippen molar-refractivity contribution in [1.82, 2.24) is 10.2 Å². The summed E-state index contributed by atoms with van der Waals surface area (Å²) in [7, 11) is 0.